The van der Waals surface area contributed by atoms with Crippen LogP contribution in [0.5, 0.6) is 0 Å². The molecule has 1 aromatic rings. The maximum absolute atomic E-state index is 12.4. The number of carbonyl (C=O) groups excluding carboxylic acids is 2. The molecular formula is C17H23ClN2O3. The highest BCUT2D eigenvalue weighted by molar-refractivity contribution is 6.30. The second-order valence-corrected chi connectivity index (χ2v) is 6.30. The van der Waals surface area contributed by atoms with E-state index in [1.54, 1.807) is 36.3 Å². The van der Waals surface area contributed by atoms with Gasteiger partial charge in [0.25, 0.3) is 5.91 Å². The molecule has 1 fully saturated rings. The summed E-state index contributed by atoms with van der Waals surface area (Å²) in [5.41, 5.74) is 0.631. The van der Waals surface area contributed by atoms with Gasteiger partial charge in [-0.15, -0.1) is 0 Å². The van der Waals surface area contributed by atoms with Crippen molar-refractivity contribution >= 4 is 23.4 Å². The van der Waals surface area contributed by atoms with Crippen LogP contribution in [0.1, 0.15) is 30.1 Å². The van der Waals surface area contributed by atoms with E-state index in [0.717, 1.165) is 0 Å². The Bertz CT molecular complexity index is 539. The van der Waals surface area contributed by atoms with Gasteiger partial charge in [0.2, 0.25) is 5.91 Å². The summed E-state index contributed by atoms with van der Waals surface area (Å²) in [6.45, 7) is 3.62. The van der Waals surface area contributed by atoms with Crippen molar-refractivity contribution in [3.63, 3.8) is 0 Å². The molecule has 2 amide bonds. The lowest BCUT2D eigenvalue weighted by atomic mass is 9.95. The van der Waals surface area contributed by atoms with Crippen LogP contribution < -0.4 is 5.32 Å². The van der Waals surface area contributed by atoms with Crippen molar-refractivity contribution in [2.24, 2.45) is 5.92 Å². The lowest BCUT2D eigenvalue weighted by molar-refractivity contribution is -0.126. The Morgan fingerprint density at radius 2 is 1.91 bits per heavy atom. The number of methoxy groups -OCH3 is 1. The summed E-state index contributed by atoms with van der Waals surface area (Å²) < 4.78 is 5.12. The van der Waals surface area contributed by atoms with E-state index in [1.807, 2.05) is 6.92 Å². The molecule has 1 atom stereocenters. The van der Waals surface area contributed by atoms with Crippen molar-refractivity contribution < 1.29 is 14.3 Å². The van der Waals surface area contributed by atoms with Crippen LogP contribution in [0.2, 0.25) is 5.02 Å². The highest BCUT2D eigenvalue weighted by Gasteiger charge is 2.27. The van der Waals surface area contributed by atoms with Gasteiger partial charge < -0.3 is 15.0 Å². The summed E-state index contributed by atoms with van der Waals surface area (Å²) in [6.07, 6.45) is 1.38. The van der Waals surface area contributed by atoms with Gasteiger partial charge >= 0.3 is 0 Å². The van der Waals surface area contributed by atoms with Crippen LogP contribution in [-0.2, 0) is 9.53 Å². The van der Waals surface area contributed by atoms with E-state index in [0.29, 0.717) is 43.1 Å². The molecule has 2 rings (SSSR count). The maximum Gasteiger partial charge on any atom is 0.253 e. The van der Waals surface area contributed by atoms with Crippen LogP contribution in [-0.4, -0.2) is 49.6 Å². The molecule has 0 radical (unpaired) electrons. The number of likely N-dealkylation sites (tertiary alicyclic amines) is 1. The molecule has 1 aromatic carbocycles. The highest BCUT2D eigenvalue weighted by Crippen LogP contribution is 2.20. The molecule has 6 heteroatoms. The first kappa shape index (κ1) is 17.8. The van der Waals surface area contributed by atoms with Crippen molar-refractivity contribution in [1.82, 2.24) is 10.2 Å². The number of rotatable bonds is 5. The summed E-state index contributed by atoms with van der Waals surface area (Å²) in [5.74, 6) is 0.00865. The fourth-order valence-corrected chi connectivity index (χ4v) is 2.72. The van der Waals surface area contributed by atoms with E-state index in [2.05, 4.69) is 5.32 Å². The Morgan fingerprint density at radius 3 is 2.48 bits per heavy atom. The van der Waals surface area contributed by atoms with E-state index < -0.39 is 0 Å². The van der Waals surface area contributed by atoms with E-state index >= 15 is 0 Å². The van der Waals surface area contributed by atoms with Gasteiger partial charge in [0, 0.05) is 43.2 Å². The topological polar surface area (TPSA) is 58.6 Å². The fourth-order valence-electron chi connectivity index (χ4n) is 2.59. The number of ether oxygens (including phenoxy) is 1. The summed E-state index contributed by atoms with van der Waals surface area (Å²) in [7, 11) is 1.62. The number of nitrogens with zero attached hydrogens (tertiary/aromatic N) is 1. The van der Waals surface area contributed by atoms with Crippen LogP contribution in [0.3, 0.4) is 0 Å². The van der Waals surface area contributed by atoms with Gasteiger partial charge in [0.1, 0.15) is 0 Å². The van der Waals surface area contributed by atoms with Gasteiger partial charge in [-0.1, -0.05) is 11.6 Å². The first-order chi connectivity index (χ1) is 11.0. The fraction of sp³-hybridized carbons (Fsp3) is 0.529. The number of halogens is 1. The second-order valence-electron chi connectivity index (χ2n) is 5.86. The van der Waals surface area contributed by atoms with Crippen molar-refractivity contribution in [2.45, 2.75) is 25.9 Å². The van der Waals surface area contributed by atoms with E-state index in [1.165, 1.54) is 0 Å². The molecule has 126 valence electrons. The standard InChI is InChI=1S/C17H23ClN2O3/c1-12(23-2)11-19-16(21)13-7-9-20(10-8-13)17(22)14-3-5-15(18)6-4-14/h3-6,12-13H,7-11H2,1-2H3,(H,19,21). The molecule has 1 heterocycles. The van der Waals surface area contributed by atoms with Crippen LogP contribution in [0, 0.1) is 5.92 Å². The largest absolute Gasteiger partial charge is 0.380 e. The summed E-state index contributed by atoms with van der Waals surface area (Å²) in [4.78, 5) is 26.3. The van der Waals surface area contributed by atoms with Gasteiger partial charge in [-0.05, 0) is 44.0 Å². The number of hydrogen-bond acceptors (Lipinski definition) is 3. The SMILES string of the molecule is COC(C)CNC(=O)C1CCN(C(=O)c2ccc(Cl)cc2)CC1. The van der Waals surface area contributed by atoms with Crippen LogP contribution in [0.4, 0.5) is 0 Å². The molecule has 0 aromatic heterocycles. The zero-order valence-electron chi connectivity index (χ0n) is 13.5. The predicted molar refractivity (Wildman–Crippen MR) is 89.6 cm³/mol. The Balaban J connectivity index is 1.82. The second kappa shape index (κ2) is 8.31. The molecule has 0 saturated carbocycles. The van der Waals surface area contributed by atoms with Crippen LogP contribution in [0.15, 0.2) is 24.3 Å². The molecule has 5 nitrogen and oxygen atoms in total. The molecular weight excluding hydrogens is 316 g/mol. The number of piperidine rings is 1. The molecule has 0 spiro atoms. The molecule has 0 aliphatic carbocycles. The maximum atomic E-state index is 12.4. The minimum atomic E-state index is -0.0340. The third kappa shape index (κ3) is 4.94. The zero-order chi connectivity index (χ0) is 16.8. The molecule has 23 heavy (non-hydrogen) atoms. The normalized spacial score (nSPS) is 16.9. The average Bonchev–Trinajstić information content (AvgIpc) is 2.59. The summed E-state index contributed by atoms with van der Waals surface area (Å²) in [5, 5.41) is 3.52. The van der Waals surface area contributed by atoms with E-state index in [-0.39, 0.29) is 23.8 Å². The number of amides is 2. The van der Waals surface area contributed by atoms with Crippen molar-refractivity contribution in [3.05, 3.63) is 34.9 Å². The van der Waals surface area contributed by atoms with E-state index in [4.69, 9.17) is 16.3 Å². The van der Waals surface area contributed by atoms with Crippen molar-refractivity contribution in [3.8, 4) is 0 Å². The molecule has 1 unspecified atom stereocenters. The Morgan fingerprint density at radius 1 is 1.30 bits per heavy atom. The minimum Gasteiger partial charge on any atom is -0.380 e. The van der Waals surface area contributed by atoms with E-state index in [9.17, 15) is 9.59 Å². The average molecular weight is 339 g/mol. The Hall–Kier alpha value is -1.59. The van der Waals surface area contributed by atoms with Gasteiger partial charge in [-0.2, -0.15) is 0 Å². The zero-order valence-corrected chi connectivity index (χ0v) is 14.3. The lowest BCUT2D eigenvalue weighted by Crippen LogP contribution is -2.44. The van der Waals surface area contributed by atoms with Gasteiger partial charge in [-0.25, -0.2) is 0 Å². The molecule has 1 saturated heterocycles. The van der Waals surface area contributed by atoms with Crippen LogP contribution >= 0.6 is 11.6 Å². The number of hydrogen-bond donors (Lipinski definition) is 1. The van der Waals surface area contributed by atoms with Gasteiger partial charge in [0.15, 0.2) is 0 Å². The molecule has 1 aliphatic heterocycles. The van der Waals surface area contributed by atoms with Crippen molar-refractivity contribution in [1.29, 1.82) is 0 Å². The van der Waals surface area contributed by atoms with Gasteiger partial charge in [0.05, 0.1) is 6.10 Å². The Kier molecular flexibility index (Phi) is 6.42. The number of carbonyl (C=O) groups is 2. The first-order valence-electron chi connectivity index (χ1n) is 7.86. The quantitative estimate of drug-likeness (QED) is 0.896. The van der Waals surface area contributed by atoms with Crippen LogP contribution in [0.25, 0.3) is 0 Å². The third-order valence-corrected chi connectivity index (χ3v) is 4.46. The Labute approximate surface area is 141 Å². The molecule has 0 bridgehead atoms. The predicted octanol–water partition coefficient (Wildman–Crippen LogP) is 2.34. The molecule has 1 N–H and O–H groups in total. The molecule has 1 aliphatic rings. The highest BCUT2D eigenvalue weighted by atomic mass is 35.5. The smallest absolute Gasteiger partial charge is 0.253 e. The number of nitrogens with one attached hydrogen (secondary N) is 1. The van der Waals surface area contributed by atoms with Gasteiger partial charge in [-0.3, -0.25) is 9.59 Å². The summed E-state index contributed by atoms with van der Waals surface area (Å²) in [6, 6.07) is 6.89. The minimum absolute atomic E-state index is 0.00511. The summed E-state index contributed by atoms with van der Waals surface area (Å²) >= 11 is 5.84. The number of benzene rings is 1. The lowest BCUT2D eigenvalue weighted by Gasteiger charge is -2.31. The monoisotopic (exact) mass is 338 g/mol. The first-order valence-corrected chi connectivity index (χ1v) is 8.24. The van der Waals surface area contributed by atoms with Crippen molar-refractivity contribution in [2.75, 3.05) is 26.7 Å². The third-order valence-electron chi connectivity index (χ3n) is 4.21.